The minimum absolute atomic E-state index is 0.309. The van der Waals surface area contributed by atoms with Crippen molar-refractivity contribution < 1.29 is 19.2 Å². The van der Waals surface area contributed by atoms with Crippen LogP contribution >= 0.6 is 0 Å². The van der Waals surface area contributed by atoms with Gasteiger partial charge >= 0.3 is 0 Å². The molecule has 6 nitrogen and oxygen atoms in total. The van der Waals surface area contributed by atoms with Crippen LogP contribution in [-0.2, 0) is 19.2 Å². The molecule has 0 aliphatic carbocycles. The lowest BCUT2D eigenvalue weighted by atomic mass is 10.2. The molecule has 0 atom stereocenters. The molecule has 0 fully saturated rings. The van der Waals surface area contributed by atoms with E-state index < -0.39 is 0 Å². The maximum Gasteiger partial charge on any atom is 0.230 e. The second-order valence-electron chi connectivity index (χ2n) is 6.13. The van der Waals surface area contributed by atoms with E-state index in [1.165, 1.54) is 27.7 Å². The van der Waals surface area contributed by atoms with Crippen LogP contribution in [-0.4, -0.2) is 23.6 Å². The third-order valence-corrected chi connectivity index (χ3v) is 3.82. The SMILES string of the molecule is C#Cc1ccc(N(C(C)=O)C(C)=O)cc1.C#Cc1cccc(N(C(C)=O)C(C)=O)c1. The monoisotopic (exact) mass is 402 g/mol. The molecule has 6 heteroatoms. The van der Waals surface area contributed by atoms with Gasteiger partial charge in [0, 0.05) is 38.8 Å². The third kappa shape index (κ3) is 6.47. The molecule has 0 heterocycles. The highest BCUT2D eigenvalue weighted by atomic mass is 16.2. The lowest BCUT2D eigenvalue weighted by Gasteiger charge is -2.17. The molecule has 152 valence electrons. The minimum atomic E-state index is -0.323. The van der Waals surface area contributed by atoms with Crippen LogP contribution in [0.5, 0.6) is 0 Å². The van der Waals surface area contributed by atoms with E-state index in [9.17, 15) is 19.2 Å². The highest BCUT2D eigenvalue weighted by Gasteiger charge is 2.16. The largest absolute Gasteiger partial charge is 0.274 e. The van der Waals surface area contributed by atoms with E-state index in [0.29, 0.717) is 22.5 Å². The van der Waals surface area contributed by atoms with E-state index in [0.717, 1.165) is 9.80 Å². The van der Waals surface area contributed by atoms with Gasteiger partial charge in [-0.1, -0.05) is 17.9 Å². The topological polar surface area (TPSA) is 74.8 Å². The lowest BCUT2D eigenvalue weighted by Crippen LogP contribution is -2.33. The van der Waals surface area contributed by atoms with Gasteiger partial charge in [-0.25, -0.2) is 0 Å². The summed E-state index contributed by atoms with van der Waals surface area (Å²) in [6.45, 7) is 5.36. The van der Waals surface area contributed by atoms with Gasteiger partial charge in [-0.05, 0) is 42.5 Å². The molecule has 0 aliphatic rings. The summed E-state index contributed by atoms with van der Waals surface area (Å²) in [4.78, 5) is 47.1. The van der Waals surface area contributed by atoms with Gasteiger partial charge in [0.05, 0.1) is 11.4 Å². The molecule has 0 saturated carbocycles. The Morgan fingerprint density at radius 3 is 1.47 bits per heavy atom. The zero-order valence-electron chi connectivity index (χ0n) is 17.3. The van der Waals surface area contributed by atoms with Crippen LogP contribution in [0.1, 0.15) is 38.8 Å². The second-order valence-corrected chi connectivity index (χ2v) is 6.13. The van der Waals surface area contributed by atoms with Gasteiger partial charge in [0.15, 0.2) is 0 Å². The molecule has 0 unspecified atom stereocenters. The van der Waals surface area contributed by atoms with Crippen LogP contribution < -0.4 is 9.80 Å². The third-order valence-electron chi connectivity index (χ3n) is 3.82. The highest BCUT2D eigenvalue weighted by molar-refractivity contribution is 6.13. The first kappa shape index (κ1) is 23.9. The predicted octanol–water partition coefficient (Wildman–Crippen LogP) is 3.13. The van der Waals surface area contributed by atoms with Gasteiger partial charge in [-0.3, -0.25) is 29.0 Å². The van der Waals surface area contributed by atoms with Gasteiger partial charge in [0.1, 0.15) is 0 Å². The second kappa shape index (κ2) is 11.0. The van der Waals surface area contributed by atoms with Crippen molar-refractivity contribution in [2.45, 2.75) is 27.7 Å². The van der Waals surface area contributed by atoms with Crippen LogP contribution in [0.2, 0.25) is 0 Å². The number of hydrogen-bond acceptors (Lipinski definition) is 4. The number of imide groups is 2. The quantitative estimate of drug-likeness (QED) is 0.724. The molecule has 2 aromatic rings. The first-order valence-electron chi connectivity index (χ1n) is 8.88. The minimum Gasteiger partial charge on any atom is -0.274 e. The van der Waals surface area contributed by atoms with E-state index in [-0.39, 0.29) is 23.6 Å². The number of anilines is 2. The van der Waals surface area contributed by atoms with Crippen molar-refractivity contribution in [1.82, 2.24) is 0 Å². The normalized spacial score (nSPS) is 9.13. The molecule has 0 aliphatic heterocycles. The number of hydrogen-bond donors (Lipinski definition) is 0. The van der Waals surface area contributed by atoms with Crippen LogP contribution in [0.25, 0.3) is 0 Å². The Hall–Kier alpha value is -4.16. The number of nitrogens with zero attached hydrogens (tertiary/aromatic N) is 2. The first-order valence-corrected chi connectivity index (χ1v) is 8.88. The Bertz CT molecular complexity index is 1010. The zero-order chi connectivity index (χ0) is 22.8. The van der Waals surface area contributed by atoms with Gasteiger partial charge in [-0.15, -0.1) is 12.8 Å². The van der Waals surface area contributed by atoms with Crippen molar-refractivity contribution in [3.63, 3.8) is 0 Å². The standard InChI is InChI=1S/2C12H11NO2/c1-4-11-5-7-12(8-6-11)13(9(2)14)10(3)15;1-4-11-6-5-7-12(8-11)13(9(2)14)10(3)15/h2*1,5-8H,2-3H3. The van der Waals surface area contributed by atoms with Crippen molar-refractivity contribution in [2.75, 3.05) is 9.80 Å². The Balaban J connectivity index is 0.000000300. The van der Waals surface area contributed by atoms with Crippen LogP contribution in [0.4, 0.5) is 11.4 Å². The van der Waals surface area contributed by atoms with Gasteiger partial charge in [0.2, 0.25) is 23.6 Å². The van der Waals surface area contributed by atoms with Crippen LogP contribution in [0.15, 0.2) is 48.5 Å². The lowest BCUT2D eigenvalue weighted by molar-refractivity contribution is -0.125. The summed E-state index contributed by atoms with van der Waals surface area (Å²) in [6, 6.07) is 13.4. The Morgan fingerprint density at radius 2 is 1.07 bits per heavy atom. The summed E-state index contributed by atoms with van der Waals surface area (Å²) in [5.41, 5.74) is 2.39. The van der Waals surface area contributed by atoms with Crippen molar-refractivity contribution in [2.24, 2.45) is 0 Å². The molecule has 0 radical (unpaired) electrons. The molecule has 0 saturated heterocycles. The number of amides is 4. The van der Waals surface area contributed by atoms with E-state index in [4.69, 9.17) is 12.8 Å². The fourth-order valence-electron chi connectivity index (χ4n) is 2.61. The van der Waals surface area contributed by atoms with E-state index in [2.05, 4.69) is 11.8 Å². The average Bonchev–Trinajstić information content (AvgIpc) is 2.68. The fraction of sp³-hybridized carbons (Fsp3) is 0.167. The summed E-state index contributed by atoms with van der Waals surface area (Å²) >= 11 is 0. The molecule has 0 spiro atoms. The number of carbonyl (C=O) groups excluding carboxylic acids is 4. The summed E-state index contributed by atoms with van der Waals surface area (Å²) in [5.74, 6) is 3.65. The fourth-order valence-corrected chi connectivity index (χ4v) is 2.61. The summed E-state index contributed by atoms with van der Waals surface area (Å²) in [6.07, 6.45) is 10.4. The van der Waals surface area contributed by atoms with Gasteiger partial charge in [0.25, 0.3) is 0 Å². The zero-order valence-corrected chi connectivity index (χ0v) is 17.3. The van der Waals surface area contributed by atoms with Crippen LogP contribution in [0, 0.1) is 24.7 Å². The maximum atomic E-state index is 11.2. The summed E-state index contributed by atoms with van der Waals surface area (Å²) in [5, 5.41) is 0. The van der Waals surface area contributed by atoms with Crippen molar-refractivity contribution in [3.05, 3.63) is 59.7 Å². The molecule has 4 amide bonds. The molecular weight excluding hydrogens is 380 g/mol. The van der Waals surface area contributed by atoms with E-state index in [1.54, 1.807) is 48.5 Å². The Kier molecular flexibility index (Phi) is 8.75. The van der Waals surface area contributed by atoms with Crippen molar-refractivity contribution >= 4 is 35.0 Å². The Labute approximate surface area is 176 Å². The number of terminal acetylenes is 2. The molecule has 30 heavy (non-hydrogen) atoms. The average molecular weight is 402 g/mol. The van der Waals surface area contributed by atoms with Crippen LogP contribution in [0.3, 0.4) is 0 Å². The van der Waals surface area contributed by atoms with Gasteiger partial charge in [-0.2, -0.15) is 0 Å². The Morgan fingerprint density at radius 1 is 0.633 bits per heavy atom. The number of carbonyl (C=O) groups is 4. The maximum absolute atomic E-state index is 11.2. The number of rotatable bonds is 2. The van der Waals surface area contributed by atoms with Crippen molar-refractivity contribution in [3.8, 4) is 24.7 Å². The van der Waals surface area contributed by atoms with Crippen molar-refractivity contribution in [1.29, 1.82) is 0 Å². The molecular formula is C24H22N2O4. The van der Waals surface area contributed by atoms with E-state index >= 15 is 0 Å². The molecule has 2 aromatic carbocycles. The molecule has 0 N–H and O–H groups in total. The highest BCUT2D eigenvalue weighted by Crippen LogP contribution is 2.16. The smallest absolute Gasteiger partial charge is 0.230 e. The molecule has 2 rings (SSSR count). The number of benzene rings is 2. The summed E-state index contributed by atoms with van der Waals surface area (Å²) < 4.78 is 0. The summed E-state index contributed by atoms with van der Waals surface area (Å²) in [7, 11) is 0. The molecule has 0 aromatic heterocycles. The predicted molar refractivity (Wildman–Crippen MR) is 116 cm³/mol. The first-order chi connectivity index (χ1) is 14.1. The molecule has 0 bridgehead atoms. The van der Waals surface area contributed by atoms with E-state index in [1.807, 2.05) is 0 Å². The van der Waals surface area contributed by atoms with Gasteiger partial charge < -0.3 is 0 Å².